The Morgan fingerprint density at radius 3 is 2.26 bits per heavy atom. The topological polar surface area (TPSA) is 63.4 Å². The molecule has 0 spiro atoms. The Balaban J connectivity index is 2.16. The van der Waals surface area contributed by atoms with Crippen molar-refractivity contribution in [2.75, 3.05) is 13.1 Å². The largest absolute Gasteiger partial charge is 0.328 e. The molecule has 0 aromatic heterocycles. The molecular weight excluding hydrogens is 260 g/mol. The number of hydrogen-bond donors (Lipinski definition) is 1. The highest BCUT2D eigenvalue weighted by atomic mass is 32.2. The molecular formula is C14H22N2O2S. The molecule has 0 radical (unpaired) electrons. The lowest BCUT2D eigenvalue weighted by Gasteiger charge is -2.25. The summed E-state index contributed by atoms with van der Waals surface area (Å²) in [5.41, 5.74) is 6.82. The van der Waals surface area contributed by atoms with Gasteiger partial charge in [0.15, 0.2) is 0 Å². The molecule has 1 aliphatic rings. The molecule has 1 aromatic rings. The van der Waals surface area contributed by atoms with Crippen molar-refractivity contribution >= 4 is 10.0 Å². The van der Waals surface area contributed by atoms with E-state index in [1.54, 1.807) is 16.4 Å². The zero-order chi connectivity index (χ0) is 13.9. The van der Waals surface area contributed by atoms with Crippen LogP contribution in [0, 0.1) is 0 Å². The van der Waals surface area contributed by atoms with Gasteiger partial charge in [0.05, 0.1) is 4.90 Å². The van der Waals surface area contributed by atoms with Crippen LogP contribution in [0.3, 0.4) is 0 Å². The Morgan fingerprint density at radius 2 is 1.74 bits per heavy atom. The quantitative estimate of drug-likeness (QED) is 0.915. The van der Waals surface area contributed by atoms with Crippen LogP contribution in [0.5, 0.6) is 0 Å². The van der Waals surface area contributed by atoms with Gasteiger partial charge in [-0.05, 0) is 43.9 Å². The van der Waals surface area contributed by atoms with Crippen LogP contribution in [0.4, 0.5) is 0 Å². The predicted octanol–water partition coefficient (Wildman–Crippen LogP) is 1.75. The Labute approximate surface area is 115 Å². The van der Waals surface area contributed by atoms with Crippen molar-refractivity contribution in [3.05, 3.63) is 29.8 Å². The van der Waals surface area contributed by atoms with E-state index in [2.05, 4.69) is 0 Å². The van der Waals surface area contributed by atoms with E-state index in [-0.39, 0.29) is 6.04 Å². The standard InChI is InChI=1S/C14H22N2O2S/c1-12(15)11-13-5-7-14(8-6-13)19(17,18)16-9-3-2-4-10-16/h5-8,12H,2-4,9-11,15H2,1H3. The van der Waals surface area contributed by atoms with Crippen LogP contribution in [0.1, 0.15) is 31.7 Å². The lowest BCUT2D eigenvalue weighted by atomic mass is 10.1. The van der Waals surface area contributed by atoms with E-state index in [9.17, 15) is 8.42 Å². The fourth-order valence-corrected chi connectivity index (χ4v) is 3.94. The van der Waals surface area contributed by atoms with Crippen LogP contribution in [0.25, 0.3) is 0 Å². The van der Waals surface area contributed by atoms with Crippen LogP contribution < -0.4 is 5.73 Å². The van der Waals surface area contributed by atoms with Gasteiger partial charge in [-0.2, -0.15) is 4.31 Å². The first-order chi connectivity index (χ1) is 9.00. The van der Waals surface area contributed by atoms with Crippen molar-refractivity contribution in [3.63, 3.8) is 0 Å². The first kappa shape index (κ1) is 14.5. The molecule has 4 nitrogen and oxygen atoms in total. The minimum Gasteiger partial charge on any atom is -0.328 e. The van der Waals surface area contributed by atoms with Crippen molar-refractivity contribution in [3.8, 4) is 0 Å². The third kappa shape index (κ3) is 3.55. The fourth-order valence-electron chi connectivity index (χ4n) is 2.42. The summed E-state index contributed by atoms with van der Waals surface area (Å²) < 4.78 is 26.4. The summed E-state index contributed by atoms with van der Waals surface area (Å²) in [7, 11) is -3.31. The smallest absolute Gasteiger partial charge is 0.243 e. The van der Waals surface area contributed by atoms with Crippen LogP contribution >= 0.6 is 0 Å². The van der Waals surface area contributed by atoms with E-state index in [0.717, 1.165) is 31.2 Å². The number of rotatable bonds is 4. The van der Waals surface area contributed by atoms with Crippen LogP contribution in [-0.2, 0) is 16.4 Å². The van der Waals surface area contributed by atoms with Gasteiger partial charge >= 0.3 is 0 Å². The van der Waals surface area contributed by atoms with Gasteiger partial charge in [0, 0.05) is 19.1 Å². The van der Waals surface area contributed by atoms with Gasteiger partial charge in [-0.1, -0.05) is 18.6 Å². The molecule has 19 heavy (non-hydrogen) atoms. The highest BCUT2D eigenvalue weighted by Gasteiger charge is 2.25. The maximum atomic E-state index is 12.4. The number of nitrogens with two attached hydrogens (primary N) is 1. The lowest BCUT2D eigenvalue weighted by molar-refractivity contribution is 0.346. The third-order valence-corrected chi connectivity index (χ3v) is 5.35. The fraction of sp³-hybridized carbons (Fsp3) is 0.571. The van der Waals surface area contributed by atoms with E-state index < -0.39 is 10.0 Å². The molecule has 1 unspecified atom stereocenters. The molecule has 0 aliphatic carbocycles. The van der Waals surface area contributed by atoms with Gasteiger partial charge in [0.2, 0.25) is 10.0 Å². The summed E-state index contributed by atoms with van der Waals surface area (Å²) in [4.78, 5) is 0.392. The third-order valence-electron chi connectivity index (χ3n) is 3.43. The van der Waals surface area contributed by atoms with Crippen molar-refractivity contribution in [2.24, 2.45) is 5.73 Å². The molecule has 1 saturated heterocycles. The first-order valence-corrected chi connectivity index (χ1v) is 8.29. The molecule has 0 bridgehead atoms. The van der Waals surface area contributed by atoms with E-state index in [1.165, 1.54) is 0 Å². The van der Waals surface area contributed by atoms with E-state index in [4.69, 9.17) is 5.73 Å². The second-order valence-corrected chi connectivity index (χ2v) is 7.23. The number of sulfonamides is 1. The SMILES string of the molecule is CC(N)Cc1ccc(S(=O)(=O)N2CCCCC2)cc1. The van der Waals surface area contributed by atoms with E-state index in [0.29, 0.717) is 18.0 Å². The summed E-state index contributed by atoms with van der Waals surface area (Å²) in [6, 6.07) is 7.20. The Bertz CT molecular complexity index is 503. The summed E-state index contributed by atoms with van der Waals surface area (Å²) >= 11 is 0. The first-order valence-electron chi connectivity index (χ1n) is 6.85. The Kier molecular flexibility index (Phi) is 4.60. The monoisotopic (exact) mass is 282 g/mol. The van der Waals surface area contributed by atoms with E-state index >= 15 is 0 Å². The van der Waals surface area contributed by atoms with Gasteiger partial charge in [-0.3, -0.25) is 0 Å². The maximum absolute atomic E-state index is 12.4. The van der Waals surface area contributed by atoms with E-state index in [1.807, 2.05) is 19.1 Å². The lowest BCUT2D eigenvalue weighted by Crippen LogP contribution is -2.35. The minimum absolute atomic E-state index is 0.0875. The van der Waals surface area contributed by atoms with Crippen LogP contribution in [-0.4, -0.2) is 31.9 Å². The molecule has 106 valence electrons. The van der Waals surface area contributed by atoms with Crippen molar-refractivity contribution < 1.29 is 8.42 Å². The molecule has 1 atom stereocenters. The highest BCUT2D eigenvalue weighted by molar-refractivity contribution is 7.89. The number of benzene rings is 1. The molecule has 5 heteroatoms. The molecule has 0 saturated carbocycles. The number of piperidine rings is 1. The summed E-state index contributed by atoms with van der Waals surface area (Å²) in [6.45, 7) is 3.23. The second kappa shape index (κ2) is 6.03. The van der Waals surface area contributed by atoms with Gasteiger partial charge in [-0.25, -0.2) is 8.42 Å². The normalized spacial score (nSPS) is 19.3. The van der Waals surface area contributed by atoms with Crippen molar-refractivity contribution in [2.45, 2.75) is 43.5 Å². The van der Waals surface area contributed by atoms with Gasteiger partial charge in [0.1, 0.15) is 0 Å². The zero-order valence-corrected chi connectivity index (χ0v) is 12.2. The summed E-state index contributed by atoms with van der Waals surface area (Å²) in [6.07, 6.45) is 3.81. The van der Waals surface area contributed by atoms with Gasteiger partial charge < -0.3 is 5.73 Å². The van der Waals surface area contributed by atoms with Crippen molar-refractivity contribution in [1.82, 2.24) is 4.31 Å². The number of nitrogens with zero attached hydrogens (tertiary/aromatic N) is 1. The van der Waals surface area contributed by atoms with Gasteiger partial charge in [0.25, 0.3) is 0 Å². The zero-order valence-electron chi connectivity index (χ0n) is 11.4. The predicted molar refractivity (Wildman–Crippen MR) is 76.4 cm³/mol. The highest BCUT2D eigenvalue weighted by Crippen LogP contribution is 2.21. The van der Waals surface area contributed by atoms with Crippen LogP contribution in [0.2, 0.25) is 0 Å². The molecule has 1 fully saturated rings. The molecule has 0 amide bonds. The average Bonchev–Trinajstić information content (AvgIpc) is 2.40. The number of hydrogen-bond acceptors (Lipinski definition) is 3. The summed E-state index contributed by atoms with van der Waals surface area (Å²) in [5, 5.41) is 0. The summed E-state index contributed by atoms with van der Waals surface area (Å²) in [5.74, 6) is 0. The maximum Gasteiger partial charge on any atom is 0.243 e. The molecule has 2 N–H and O–H groups in total. The Morgan fingerprint density at radius 1 is 1.16 bits per heavy atom. The Hall–Kier alpha value is -0.910. The molecule has 1 aromatic carbocycles. The second-order valence-electron chi connectivity index (χ2n) is 5.29. The van der Waals surface area contributed by atoms with Crippen LogP contribution in [0.15, 0.2) is 29.2 Å². The minimum atomic E-state index is -3.31. The molecule has 1 aliphatic heterocycles. The van der Waals surface area contributed by atoms with Crippen molar-refractivity contribution in [1.29, 1.82) is 0 Å². The molecule has 1 heterocycles. The van der Waals surface area contributed by atoms with Gasteiger partial charge in [-0.15, -0.1) is 0 Å². The average molecular weight is 282 g/mol. The molecule has 2 rings (SSSR count).